The molecular formula is C21H21ClN2O3S. The van der Waals surface area contributed by atoms with Gasteiger partial charge in [0.05, 0.1) is 18.2 Å². The molecule has 1 heterocycles. The lowest BCUT2D eigenvalue weighted by atomic mass is 9.95. The van der Waals surface area contributed by atoms with Gasteiger partial charge in [-0.25, -0.2) is 4.79 Å². The maximum absolute atomic E-state index is 13.0. The molecule has 28 heavy (non-hydrogen) atoms. The van der Waals surface area contributed by atoms with Crippen molar-refractivity contribution in [1.29, 1.82) is 0 Å². The fraction of sp³-hybridized carbons (Fsp3) is 0.238. The van der Waals surface area contributed by atoms with Crippen molar-refractivity contribution in [1.82, 2.24) is 5.32 Å². The van der Waals surface area contributed by atoms with Crippen LogP contribution in [0.25, 0.3) is 0 Å². The second-order valence-electron chi connectivity index (χ2n) is 6.24. The molecule has 0 bridgehead atoms. The number of halogens is 1. The third kappa shape index (κ3) is 4.35. The van der Waals surface area contributed by atoms with Crippen molar-refractivity contribution >= 4 is 40.6 Å². The van der Waals surface area contributed by atoms with Crippen LogP contribution in [0, 0.1) is 0 Å². The predicted molar refractivity (Wildman–Crippen MR) is 114 cm³/mol. The van der Waals surface area contributed by atoms with E-state index < -0.39 is 12.0 Å². The number of rotatable bonds is 6. The van der Waals surface area contributed by atoms with Crippen molar-refractivity contribution in [2.24, 2.45) is 0 Å². The van der Waals surface area contributed by atoms with Crippen molar-refractivity contribution < 1.29 is 14.3 Å². The standard InChI is InChI=1S/C21H21ClN2O3S/c1-14-18(20(25)27-12-11-26-2)19(15-7-6-8-16(22)13-15)23-21(28)24(14)17-9-4-3-5-10-17/h3-10,13,19H,11-12H2,1-2H3,(H,23,28)/t19-/m0/s1. The van der Waals surface area contributed by atoms with Gasteiger partial charge in [-0.05, 0) is 49.0 Å². The van der Waals surface area contributed by atoms with Gasteiger partial charge in [-0.1, -0.05) is 41.9 Å². The van der Waals surface area contributed by atoms with Crippen LogP contribution < -0.4 is 10.2 Å². The molecule has 0 aromatic heterocycles. The van der Waals surface area contributed by atoms with E-state index in [9.17, 15) is 4.79 Å². The largest absolute Gasteiger partial charge is 0.460 e. The van der Waals surface area contributed by atoms with Gasteiger partial charge in [0.25, 0.3) is 0 Å². The number of anilines is 1. The first-order valence-electron chi connectivity index (χ1n) is 8.81. The second kappa shape index (κ2) is 9.19. The number of hydrogen-bond donors (Lipinski definition) is 1. The highest BCUT2D eigenvalue weighted by atomic mass is 35.5. The van der Waals surface area contributed by atoms with E-state index in [4.69, 9.17) is 33.3 Å². The smallest absolute Gasteiger partial charge is 0.338 e. The van der Waals surface area contributed by atoms with Crippen LogP contribution in [-0.4, -0.2) is 31.4 Å². The Balaban J connectivity index is 2.06. The number of ether oxygens (including phenoxy) is 2. The molecule has 0 fully saturated rings. The van der Waals surface area contributed by atoms with E-state index >= 15 is 0 Å². The predicted octanol–water partition coefficient (Wildman–Crippen LogP) is 4.24. The third-order valence-corrected chi connectivity index (χ3v) is 4.96. The minimum atomic E-state index is -0.457. The summed E-state index contributed by atoms with van der Waals surface area (Å²) < 4.78 is 10.4. The lowest BCUT2D eigenvalue weighted by Gasteiger charge is -2.37. The number of allylic oxidation sites excluding steroid dienone is 1. The normalized spacial score (nSPS) is 16.8. The molecule has 3 rings (SSSR count). The Labute approximate surface area is 174 Å². The SMILES string of the molecule is COCCOC(=O)C1=C(C)N(c2ccccc2)C(=S)N[C@H]1c1cccc(Cl)c1. The van der Waals surface area contributed by atoms with Gasteiger partial charge < -0.3 is 14.8 Å². The van der Waals surface area contributed by atoms with E-state index in [2.05, 4.69) is 5.32 Å². The molecule has 146 valence electrons. The molecule has 1 N–H and O–H groups in total. The van der Waals surface area contributed by atoms with Gasteiger partial charge in [0.2, 0.25) is 0 Å². The average molecular weight is 417 g/mol. The van der Waals surface area contributed by atoms with Crippen LogP contribution in [0.1, 0.15) is 18.5 Å². The minimum Gasteiger partial charge on any atom is -0.460 e. The first-order chi connectivity index (χ1) is 13.5. The van der Waals surface area contributed by atoms with Crippen molar-refractivity contribution in [3.63, 3.8) is 0 Å². The van der Waals surface area contributed by atoms with Crippen LogP contribution in [0.3, 0.4) is 0 Å². The summed E-state index contributed by atoms with van der Waals surface area (Å²) in [7, 11) is 1.56. The molecule has 1 aliphatic rings. The van der Waals surface area contributed by atoms with Gasteiger partial charge in [0, 0.05) is 23.5 Å². The van der Waals surface area contributed by atoms with Gasteiger partial charge in [-0.3, -0.25) is 4.90 Å². The van der Waals surface area contributed by atoms with E-state index in [-0.39, 0.29) is 6.61 Å². The topological polar surface area (TPSA) is 50.8 Å². The molecule has 0 saturated carbocycles. The van der Waals surface area contributed by atoms with Crippen LogP contribution in [0.4, 0.5) is 5.69 Å². The molecule has 2 aromatic carbocycles. The fourth-order valence-corrected chi connectivity index (χ4v) is 3.69. The number of nitrogens with one attached hydrogen (secondary N) is 1. The maximum Gasteiger partial charge on any atom is 0.338 e. The zero-order valence-corrected chi connectivity index (χ0v) is 17.2. The van der Waals surface area contributed by atoms with Crippen LogP contribution >= 0.6 is 23.8 Å². The van der Waals surface area contributed by atoms with Crippen molar-refractivity contribution in [2.45, 2.75) is 13.0 Å². The average Bonchev–Trinajstić information content (AvgIpc) is 2.68. The Morgan fingerprint density at radius 3 is 2.61 bits per heavy atom. The van der Waals surface area contributed by atoms with Gasteiger partial charge in [0.15, 0.2) is 5.11 Å². The number of carbonyl (C=O) groups is 1. The quantitative estimate of drug-likeness (QED) is 0.432. The number of nitrogens with zero attached hydrogens (tertiary/aromatic N) is 1. The van der Waals surface area contributed by atoms with E-state index in [1.54, 1.807) is 13.2 Å². The van der Waals surface area contributed by atoms with Crippen LogP contribution in [0.5, 0.6) is 0 Å². The highest BCUT2D eigenvalue weighted by molar-refractivity contribution is 7.80. The highest BCUT2D eigenvalue weighted by Gasteiger charge is 2.35. The summed E-state index contributed by atoms with van der Waals surface area (Å²) in [6.07, 6.45) is 0. The lowest BCUT2D eigenvalue weighted by molar-refractivity contribution is -0.140. The lowest BCUT2D eigenvalue weighted by Crippen LogP contribution is -2.48. The van der Waals surface area contributed by atoms with Crippen molar-refractivity contribution in [3.8, 4) is 0 Å². The molecule has 0 unspecified atom stereocenters. The maximum atomic E-state index is 13.0. The summed E-state index contributed by atoms with van der Waals surface area (Å²) in [5.74, 6) is -0.421. The highest BCUT2D eigenvalue weighted by Crippen LogP contribution is 2.34. The fourth-order valence-electron chi connectivity index (χ4n) is 3.13. The zero-order chi connectivity index (χ0) is 20.1. The second-order valence-corrected chi connectivity index (χ2v) is 7.06. The Morgan fingerprint density at radius 1 is 1.18 bits per heavy atom. The van der Waals surface area contributed by atoms with E-state index in [0.29, 0.717) is 28.0 Å². The number of esters is 1. The number of hydrogen-bond acceptors (Lipinski definition) is 4. The van der Waals surface area contributed by atoms with Gasteiger partial charge in [0.1, 0.15) is 6.61 Å². The number of benzene rings is 2. The van der Waals surface area contributed by atoms with Gasteiger partial charge >= 0.3 is 5.97 Å². The first-order valence-corrected chi connectivity index (χ1v) is 9.59. The monoisotopic (exact) mass is 416 g/mol. The number of carbonyl (C=O) groups excluding carboxylic acids is 1. The molecule has 1 aliphatic heterocycles. The molecular weight excluding hydrogens is 396 g/mol. The van der Waals surface area contributed by atoms with Crippen molar-refractivity contribution in [3.05, 3.63) is 76.5 Å². The van der Waals surface area contributed by atoms with E-state index in [1.165, 1.54) is 0 Å². The molecule has 7 heteroatoms. The Hall–Kier alpha value is -2.41. The molecule has 0 amide bonds. The first kappa shape index (κ1) is 20.3. The Bertz CT molecular complexity index is 902. The van der Waals surface area contributed by atoms with E-state index in [0.717, 1.165) is 11.3 Å². The zero-order valence-electron chi connectivity index (χ0n) is 15.6. The summed E-state index contributed by atoms with van der Waals surface area (Å²) in [5, 5.41) is 4.35. The van der Waals surface area contributed by atoms with Crippen LogP contribution in [0.15, 0.2) is 65.9 Å². The molecule has 0 aliphatic carbocycles. The molecule has 1 atom stereocenters. The summed E-state index contributed by atoms with van der Waals surface area (Å²) in [4.78, 5) is 14.8. The minimum absolute atomic E-state index is 0.171. The van der Waals surface area contributed by atoms with Crippen LogP contribution in [-0.2, 0) is 14.3 Å². The summed E-state index contributed by atoms with van der Waals surface area (Å²) >= 11 is 11.8. The number of methoxy groups -OCH3 is 1. The third-order valence-electron chi connectivity index (χ3n) is 4.42. The molecule has 2 aromatic rings. The summed E-state index contributed by atoms with van der Waals surface area (Å²) in [6, 6.07) is 16.5. The molecule has 5 nitrogen and oxygen atoms in total. The summed E-state index contributed by atoms with van der Waals surface area (Å²) in [5.41, 5.74) is 2.89. The van der Waals surface area contributed by atoms with E-state index in [1.807, 2.05) is 60.4 Å². The van der Waals surface area contributed by atoms with Gasteiger partial charge in [-0.2, -0.15) is 0 Å². The Kier molecular flexibility index (Phi) is 6.67. The number of thiocarbonyl (C=S) groups is 1. The number of para-hydroxylation sites is 1. The Morgan fingerprint density at radius 2 is 1.93 bits per heavy atom. The van der Waals surface area contributed by atoms with Crippen LogP contribution in [0.2, 0.25) is 5.02 Å². The molecule has 0 saturated heterocycles. The molecule has 0 spiro atoms. The molecule has 0 radical (unpaired) electrons. The van der Waals surface area contributed by atoms with Crippen molar-refractivity contribution in [2.75, 3.05) is 25.2 Å². The summed E-state index contributed by atoms with van der Waals surface area (Å²) in [6.45, 7) is 2.36. The van der Waals surface area contributed by atoms with Gasteiger partial charge in [-0.15, -0.1) is 0 Å².